The summed E-state index contributed by atoms with van der Waals surface area (Å²) in [7, 11) is 0. The lowest BCUT2D eigenvalue weighted by atomic mass is 9.99. The van der Waals surface area contributed by atoms with E-state index in [0.29, 0.717) is 16.7 Å². The van der Waals surface area contributed by atoms with E-state index in [-0.39, 0.29) is 0 Å². The second-order valence-electron chi connectivity index (χ2n) is 3.53. The summed E-state index contributed by atoms with van der Waals surface area (Å²) in [6.45, 7) is 3.55. The van der Waals surface area contributed by atoms with E-state index in [2.05, 4.69) is 0 Å². The van der Waals surface area contributed by atoms with E-state index in [1.165, 1.54) is 0 Å². The first kappa shape index (κ1) is 12.4. The molecule has 0 bridgehead atoms. The van der Waals surface area contributed by atoms with Crippen LogP contribution in [0.5, 0.6) is 0 Å². The van der Waals surface area contributed by atoms with Crippen LogP contribution in [0, 0.1) is 0 Å². The zero-order valence-corrected chi connectivity index (χ0v) is 9.35. The van der Waals surface area contributed by atoms with Crippen molar-refractivity contribution in [3.8, 4) is 0 Å². The lowest BCUT2D eigenvalue weighted by Crippen LogP contribution is -2.25. The Morgan fingerprint density at radius 1 is 1.40 bits per heavy atom. The smallest absolute Gasteiger partial charge is 0.288 e. The largest absolute Gasteiger partial charge is 0.294 e. The van der Waals surface area contributed by atoms with Crippen LogP contribution in [0.15, 0.2) is 29.2 Å². The molecule has 0 saturated heterocycles. The predicted octanol–water partition coefficient (Wildman–Crippen LogP) is 3.13. The van der Waals surface area contributed by atoms with Gasteiger partial charge in [0.2, 0.25) is 0 Å². The molecule has 5 heteroatoms. The van der Waals surface area contributed by atoms with E-state index in [9.17, 15) is 8.78 Å². The van der Waals surface area contributed by atoms with Crippen molar-refractivity contribution >= 4 is 11.8 Å². The summed E-state index contributed by atoms with van der Waals surface area (Å²) in [5.41, 5.74) is 0.106. The minimum absolute atomic E-state index is 0.507. The fourth-order valence-corrected chi connectivity index (χ4v) is 1.67. The second-order valence-corrected chi connectivity index (χ2v) is 4.60. The molecular formula is C10H13F2NOS. The summed E-state index contributed by atoms with van der Waals surface area (Å²) in [6.07, 6.45) is 0. The molecule has 84 valence electrons. The minimum atomic E-state index is -2.41. The highest BCUT2D eigenvalue weighted by atomic mass is 32.2. The van der Waals surface area contributed by atoms with Gasteiger partial charge in [0, 0.05) is 4.90 Å². The number of halogens is 2. The normalized spacial score (nSPS) is 12.1. The van der Waals surface area contributed by atoms with Gasteiger partial charge in [-0.05, 0) is 31.5 Å². The van der Waals surface area contributed by atoms with Gasteiger partial charge < -0.3 is 0 Å². The maximum absolute atomic E-state index is 12.1. The molecule has 0 atom stereocenters. The number of rotatable bonds is 4. The Hall–Kier alpha value is -0.650. The van der Waals surface area contributed by atoms with Gasteiger partial charge in [-0.3, -0.25) is 4.84 Å². The van der Waals surface area contributed by atoms with Crippen LogP contribution in [0.3, 0.4) is 0 Å². The van der Waals surface area contributed by atoms with Gasteiger partial charge in [-0.25, -0.2) is 5.90 Å². The number of alkyl halides is 2. The molecule has 0 spiro atoms. The number of benzene rings is 1. The highest BCUT2D eigenvalue weighted by Gasteiger charge is 2.21. The Morgan fingerprint density at radius 2 is 2.07 bits per heavy atom. The summed E-state index contributed by atoms with van der Waals surface area (Å²) < 4.78 is 24.3. The molecule has 2 N–H and O–H groups in total. The molecule has 1 aromatic rings. The van der Waals surface area contributed by atoms with Crippen LogP contribution in [0.25, 0.3) is 0 Å². The molecular weight excluding hydrogens is 220 g/mol. The van der Waals surface area contributed by atoms with Crippen LogP contribution in [0.4, 0.5) is 8.78 Å². The van der Waals surface area contributed by atoms with Crippen LogP contribution in [0.1, 0.15) is 19.4 Å². The van der Waals surface area contributed by atoms with Crippen molar-refractivity contribution in [2.24, 2.45) is 5.90 Å². The Bertz CT molecular complexity index is 331. The summed E-state index contributed by atoms with van der Waals surface area (Å²) in [6, 6.07) is 6.79. The quantitative estimate of drug-likeness (QED) is 0.641. The fraction of sp³-hybridized carbons (Fsp3) is 0.400. The third-order valence-electron chi connectivity index (χ3n) is 2.05. The highest BCUT2D eigenvalue weighted by molar-refractivity contribution is 7.99. The monoisotopic (exact) mass is 233 g/mol. The predicted molar refractivity (Wildman–Crippen MR) is 56.6 cm³/mol. The van der Waals surface area contributed by atoms with Crippen molar-refractivity contribution in [2.45, 2.75) is 30.1 Å². The first-order valence-electron chi connectivity index (χ1n) is 4.39. The van der Waals surface area contributed by atoms with Crippen molar-refractivity contribution in [3.05, 3.63) is 29.8 Å². The number of hydrogen-bond acceptors (Lipinski definition) is 3. The molecule has 0 heterocycles. The summed E-state index contributed by atoms with van der Waals surface area (Å²) in [5.74, 6) is 2.72. The van der Waals surface area contributed by atoms with Crippen LogP contribution < -0.4 is 5.90 Å². The van der Waals surface area contributed by atoms with Gasteiger partial charge >= 0.3 is 0 Å². The zero-order chi connectivity index (χ0) is 11.5. The molecule has 15 heavy (non-hydrogen) atoms. The SMILES string of the molecule is CC(C)(ON)c1cccc(SC(F)F)c1. The van der Waals surface area contributed by atoms with Gasteiger partial charge in [0.1, 0.15) is 5.60 Å². The molecule has 0 fully saturated rings. The molecule has 0 aliphatic carbocycles. The first-order valence-corrected chi connectivity index (χ1v) is 5.27. The molecule has 2 nitrogen and oxygen atoms in total. The van der Waals surface area contributed by atoms with E-state index in [0.717, 1.165) is 5.56 Å². The third-order valence-corrected chi connectivity index (χ3v) is 2.75. The Labute approximate surface area is 91.8 Å². The molecule has 1 rings (SSSR count). The van der Waals surface area contributed by atoms with Crippen molar-refractivity contribution < 1.29 is 13.6 Å². The number of hydrogen-bond donors (Lipinski definition) is 1. The minimum Gasteiger partial charge on any atom is -0.294 e. The van der Waals surface area contributed by atoms with E-state index in [4.69, 9.17) is 10.7 Å². The summed E-state index contributed by atoms with van der Waals surface area (Å²) in [5, 5.41) is 0. The zero-order valence-electron chi connectivity index (χ0n) is 8.54. The molecule has 0 aliphatic rings. The van der Waals surface area contributed by atoms with Gasteiger partial charge in [0.05, 0.1) is 0 Å². The maximum atomic E-state index is 12.1. The average Bonchev–Trinajstić information content (AvgIpc) is 2.17. The molecule has 0 aromatic heterocycles. The van der Waals surface area contributed by atoms with Crippen LogP contribution in [-0.4, -0.2) is 5.76 Å². The summed E-state index contributed by atoms with van der Waals surface area (Å²) >= 11 is 0.509. The lowest BCUT2D eigenvalue weighted by Gasteiger charge is -2.22. The number of nitrogens with two attached hydrogens (primary N) is 1. The van der Waals surface area contributed by atoms with Gasteiger partial charge in [0.25, 0.3) is 5.76 Å². The fourth-order valence-electron chi connectivity index (χ4n) is 1.11. The van der Waals surface area contributed by atoms with Gasteiger partial charge in [0.15, 0.2) is 0 Å². The van der Waals surface area contributed by atoms with Crippen LogP contribution >= 0.6 is 11.8 Å². The van der Waals surface area contributed by atoms with Gasteiger partial charge in [-0.1, -0.05) is 23.9 Å². The van der Waals surface area contributed by atoms with Crippen molar-refractivity contribution in [1.82, 2.24) is 0 Å². The molecule has 0 radical (unpaired) electrons. The third kappa shape index (κ3) is 3.44. The van der Waals surface area contributed by atoms with Crippen molar-refractivity contribution in [2.75, 3.05) is 0 Å². The van der Waals surface area contributed by atoms with Gasteiger partial charge in [-0.2, -0.15) is 8.78 Å². The van der Waals surface area contributed by atoms with Crippen LogP contribution in [0.2, 0.25) is 0 Å². The van der Waals surface area contributed by atoms with Crippen molar-refractivity contribution in [3.63, 3.8) is 0 Å². The Balaban J connectivity index is 2.92. The van der Waals surface area contributed by atoms with E-state index in [1.807, 2.05) is 0 Å². The number of thioether (sulfide) groups is 1. The van der Waals surface area contributed by atoms with E-state index >= 15 is 0 Å². The van der Waals surface area contributed by atoms with Gasteiger partial charge in [-0.15, -0.1) is 0 Å². The Morgan fingerprint density at radius 3 is 2.60 bits per heavy atom. The lowest BCUT2D eigenvalue weighted by molar-refractivity contribution is -0.0237. The molecule has 1 aromatic carbocycles. The highest BCUT2D eigenvalue weighted by Crippen LogP contribution is 2.30. The molecule has 0 saturated carbocycles. The standard InChI is InChI=1S/C10H13F2NOS/c1-10(2,14-13)7-4-3-5-8(6-7)15-9(11)12/h3-6,9H,13H2,1-2H3. The molecule has 0 amide bonds. The maximum Gasteiger partial charge on any atom is 0.288 e. The Kier molecular flexibility index (Phi) is 4.07. The topological polar surface area (TPSA) is 35.2 Å². The first-order chi connectivity index (χ1) is 6.95. The van der Waals surface area contributed by atoms with E-state index in [1.54, 1.807) is 38.1 Å². The molecule has 0 aliphatic heterocycles. The average molecular weight is 233 g/mol. The molecule has 0 unspecified atom stereocenters. The summed E-state index contributed by atoms with van der Waals surface area (Å²) in [4.78, 5) is 5.29. The van der Waals surface area contributed by atoms with Crippen LogP contribution in [-0.2, 0) is 10.4 Å². The second kappa shape index (κ2) is 4.92. The van der Waals surface area contributed by atoms with Crippen molar-refractivity contribution in [1.29, 1.82) is 0 Å². The van der Waals surface area contributed by atoms with E-state index < -0.39 is 11.4 Å².